The summed E-state index contributed by atoms with van der Waals surface area (Å²) in [5.74, 6) is 0.611. The van der Waals surface area contributed by atoms with Gasteiger partial charge >= 0.3 is 0 Å². The molecule has 0 bridgehead atoms. The topological polar surface area (TPSA) is 90.6 Å². The molecule has 0 amide bonds. The van der Waals surface area contributed by atoms with Gasteiger partial charge in [0, 0.05) is 38.9 Å². The van der Waals surface area contributed by atoms with Crippen molar-refractivity contribution in [2.24, 2.45) is 7.05 Å². The largest absolute Gasteiger partial charge is 0.385 e. The van der Waals surface area contributed by atoms with E-state index in [2.05, 4.69) is 21.2 Å². The smallest absolute Gasteiger partial charge is 0.262 e. The number of rotatable bonds is 7. The minimum Gasteiger partial charge on any atom is -0.385 e. The van der Waals surface area contributed by atoms with Gasteiger partial charge in [-0.1, -0.05) is 24.3 Å². The molecule has 0 aliphatic heterocycles. The first kappa shape index (κ1) is 19.1. The lowest BCUT2D eigenvalue weighted by molar-refractivity contribution is 0.179. The first-order valence-electron chi connectivity index (χ1n) is 9.59. The van der Waals surface area contributed by atoms with Crippen molar-refractivity contribution < 1.29 is 4.74 Å². The van der Waals surface area contributed by atoms with Gasteiger partial charge in [0.2, 0.25) is 0 Å². The van der Waals surface area contributed by atoms with E-state index in [1.165, 1.54) is 0 Å². The molecule has 150 valence electrons. The predicted octanol–water partition coefficient (Wildman–Crippen LogP) is 2.71. The van der Waals surface area contributed by atoms with Crippen molar-refractivity contribution in [2.75, 3.05) is 13.7 Å². The second kappa shape index (κ2) is 8.00. The van der Waals surface area contributed by atoms with Gasteiger partial charge in [0.15, 0.2) is 5.65 Å². The van der Waals surface area contributed by atoms with Gasteiger partial charge in [0.25, 0.3) is 5.56 Å². The Bertz CT molecular complexity index is 1190. The van der Waals surface area contributed by atoms with Crippen molar-refractivity contribution in [1.29, 1.82) is 0 Å². The molecule has 29 heavy (non-hydrogen) atoms. The van der Waals surface area contributed by atoms with E-state index in [-0.39, 0.29) is 11.6 Å². The first-order valence-corrected chi connectivity index (χ1v) is 9.59. The fourth-order valence-electron chi connectivity index (χ4n) is 3.50. The molecular weight excluding hydrogens is 368 g/mol. The second-order valence-electron chi connectivity index (χ2n) is 7.21. The molecule has 8 heteroatoms. The number of fused-ring (bicyclic) bond motifs is 1. The van der Waals surface area contributed by atoms with Crippen LogP contribution in [-0.4, -0.2) is 43.2 Å². The zero-order chi connectivity index (χ0) is 20.4. The van der Waals surface area contributed by atoms with Gasteiger partial charge in [-0.3, -0.25) is 9.48 Å². The van der Waals surface area contributed by atoms with Crippen LogP contribution in [0.15, 0.2) is 47.7 Å². The van der Waals surface area contributed by atoms with Crippen LogP contribution in [0.3, 0.4) is 0 Å². The normalized spacial score (nSPS) is 12.5. The molecular formula is C21H24N6O2. The number of nitrogens with zero attached hydrogens (tertiary/aromatic N) is 5. The fraction of sp³-hybridized carbons (Fsp3) is 0.333. The van der Waals surface area contributed by atoms with E-state index < -0.39 is 0 Å². The maximum Gasteiger partial charge on any atom is 0.262 e. The molecule has 0 saturated carbocycles. The average molecular weight is 392 g/mol. The molecule has 8 nitrogen and oxygen atoms in total. The third kappa shape index (κ3) is 3.84. The Morgan fingerprint density at radius 1 is 1.21 bits per heavy atom. The summed E-state index contributed by atoms with van der Waals surface area (Å²) in [6, 6.07) is 8.17. The van der Waals surface area contributed by atoms with Gasteiger partial charge in [-0.05, 0) is 24.5 Å². The lowest BCUT2D eigenvalue weighted by Crippen LogP contribution is -2.15. The number of benzene rings is 1. The summed E-state index contributed by atoms with van der Waals surface area (Å²) in [5, 5.41) is 9.16. The minimum absolute atomic E-state index is 0.0808. The molecule has 1 aromatic carbocycles. The van der Waals surface area contributed by atoms with Gasteiger partial charge in [0.05, 0.1) is 18.4 Å². The van der Waals surface area contributed by atoms with E-state index in [1.54, 1.807) is 22.7 Å². The Morgan fingerprint density at radius 2 is 2.03 bits per heavy atom. The number of aromatic nitrogens is 6. The van der Waals surface area contributed by atoms with Crippen molar-refractivity contribution in [3.05, 3.63) is 64.6 Å². The molecule has 1 atom stereocenters. The highest BCUT2D eigenvalue weighted by Crippen LogP contribution is 2.25. The summed E-state index contributed by atoms with van der Waals surface area (Å²) in [6.07, 6.45) is 6.70. The highest BCUT2D eigenvalue weighted by Gasteiger charge is 2.16. The molecule has 4 rings (SSSR count). The van der Waals surface area contributed by atoms with E-state index in [4.69, 9.17) is 9.72 Å². The van der Waals surface area contributed by atoms with Gasteiger partial charge in [-0.2, -0.15) is 10.2 Å². The summed E-state index contributed by atoms with van der Waals surface area (Å²) in [6.45, 7) is 2.67. The number of H-pyrrole nitrogens is 1. The van der Waals surface area contributed by atoms with Crippen LogP contribution in [-0.2, 0) is 18.2 Å². The summed E-state index contributed by atoms with van der Waals surface area (Å²) < 4.78 is 8.75. The van der Waals surface area contributed by atoms with E-state index >= 15 is 0 Å². The zero-order valence-electron chi connectivity index (χ0n) is 16.8. The van der Waals surface area contributed by atoms with E-state index in [9.17, 15) is 4.79 Å². The summed E-state index contributed by atoms with van der Waals surface area (Å²) in [5.41, 5.74) is 3.61. The quantitative estimate of drug-likeness (QED) is 0.522. The highest BCUT2D eigenvalue weighted by atomic mass is 16.5. The molecule has 0 aliphatic carbocycles. The first-order chi connectivity index (χ1) is 14.1. The zero-order valence-corrected chi connectivity index (χ0v) is 16.8. The molecule has 0 aliphatic rings. The van der Waals surface area contributed by atoms with Crippen molar-refractivity contribution >= 4 is 11.0 Å². The molecule has 0 radical (unpaired) electrons. The highest BCUT2D eigenvalue weighted by molar-refractivity contribution is 5.73. The fourth-order valence-corrected chi connectivity index (χ4v) is 3.50. The molecule has 1 N–H and O–H groups in total. The van der Waals surface area contributed by atoms with Crippen LogP contribution in [0.25, 0.3) is 22.2 Å². The van der Waals surface area contributed by atoms with Gasteiger partial charge in [-0.15, -0.1) is 0 Å². The van der Waals surface area contributed by atoms with Crippen LogP contribution in [0, 0.1) is 0 Å². The molecule has 3 heterocycles. The second-order valence-corrected chi connectivity index (χ2v) is 7.21. The molecule has 4 aromatic rings. The van der Waals surface area contributed by atoms with Crippen LogP contribution >= 0.6 is 0 Å². The number of hydrogen-bond donors (Lipinski definition) is 1. The number of aromatic amines is 1. The maximum atomic E-state index is 12.6. The van der Waals surface area contributed by atoms with Crippen LogP contribution < -0.4 is 5.56 Å². The standard InChI is InChI=1S/C21H24N6O2/c1-14(8-9-29-3)27-20-18(12-23-27)21(28)25-19(24-20)10-15-6-4-5-7-17(15)16-11-22-26(2)13-16/h4-7,11-14H,8-10H2,1-3H3,(H,24,25,28). The molecule has 3 aromatic heterocycles. The van der Waals surface area contributed by atoms with E-state index in [0.717, 1.165) is 23.1 Å². The van der Waals surface area contributed by atoms with Gasteiger partial charge < -0.3 is 9.72 Å². The summed E-state index contributed by atoms with van der Waals surface area (Å²) >= 11 is 0. The maximum absolute atomic E-state index is 12.6. The minimum atomic E-state index is -0.172. The van der Waals surface area contributed by atoms with Crippen molar-refractivity contribution in [1.82, 2.24) is 29.5 Å². The number of methoxy groups -OCH3 is 1. The van der Waals surface area contributed by atoms with E-state index in [1.807, 2.05) is 44.6 Å². The Balaban J connectivity index is 1.72. The third-order valence-corrected chi connectivity index (χ3v) is 5.06. The Hall–Kier alpha value is -3.26. The number of aryl methyl sites for hydroxylation is 1. The number of ether oxygens (including phenoxy) is 1. The SMILES string of the molecule is COCCC(C)n1ncc2c(=O)[nH]c(Cc3ccccc3-c3cnn(C)c3)nc21. The van der Waals surface area contributed by atoms with Crippen LogP contribution in [0.2, 0.25) is 0 Å². The monoisotopic (exact) mass is 392 g/mol. The van der Waals surface area contributed by atoms with Crippen LogP contribution in [0.5, 0.6) is 0 Å². The van der Waals surface area contributed by atoms with Crippen LogP contribution in [0.1, 0.15) is 30.8 Å². The summed E-state index contributed by atoms with van der Waals surface area (Å²) in [4.78, 5) is 20.3. The summed E-state index contributed by atoms with van der Waals surface area (Å²) in [7, 11) is 3.57. The molecule has 0 saturated heterocycles. The number of nitrogens with one attached hydrogen (secondary N) is 1. The van der Waals surface area contributed by atoms with Gasteiger partial charge in [0.1, 0.15) is 11.2 Å². The Kier molecular flexibility index (Phi) is 5.26. The molecule has 0 fully saturated rings. The van der Waals surface area contributed by atoms with Crippen molar-refractivity contribution in [2.45, 2.75) is 25.8 Å². The van der Waals surface area contributed by atoms with Crippen LogP contribution in [0.4, 0.5) is 0 Å². The van der Waals surface area contributed by atoms with Gasteiger partial charge in [-0.25, -0.2) is 9.67 Å². The lowest BCUT2D eigenvalue weighted by atomic mass is 10.00. The molecule has 1 unspecified atom stereocenters. The van der Waals surface area contributed by atoms with Crippen molar-refractivity contribution in [3.63, 3.8) is 0 Å². The number of hydrogen-bond acceptors (Lipinski definition) is 5. The van der Waals surface area contributed by atoms with Crippen molar-refractivity contribution in [3.8, 4) is 11.1 Å². The lowest BCUT2D eigenvalue weighted by Gasteiger charge is -2.13. The average Bonchev–Trinajstić information content (AvgIpc) is 3.33. The Morgan fingerprint density at radius 3 is 2.79 bits per heavy atom. The van der Waals surface area contributed by atoms with E-state index in [0.29, 0.717) is 29.9 Å². The predicted molar refractivity (Wildman–Crippen MR) is 111 cm³/mol. The third-order valence-electron chi connectivity index (χ3n) is 5.06. The Labute approximate surface area is 168 Å². The molecule has 0 spiro atoms.